The summed E-state index contributed by atoms with van der Waals surface area (Å²) in [4.78, 5) is 12.5. The minimum atomic E-state index is -0.0336. The van der Waals surface area contributed by atoms with Gasteiger partial charge < -0.3 is 9.47 Å². The zero-order valence-electron chi connectivity index (χ0n) is 14.4. The second-order valence-electron chi connectivity index (χ2n) is 8.30. The van der Waals surface area contributed by atoms with E-state index in [0.29, 0.717) is 25.0 Å². The summed E-state index contributed by atoms with van der Waals surface area (Å²) in [6.45, 7) is 7.99. The van der Waals surface area contributed by atoms with E-state index in [1.807, 2.05) is 6.92 Å². The lowest BCUT2D eigenvalue weighted by Gasteiger charge is -2.56. The molecule has 0 aromatic heterocycles. The van der Waals surface area contributed by atoms with Crippen LogP contribution in [0.2, 0.25) is 0 Å². The van der Waals surface area contributed by atoms with Crippen LogP contribution in [-0.2, 0) is 14.3 Å². The van der Waals surface area contributed by atoms with E-state index < -0.39 is 0 Å². The minimum absolute atomic E-state index is 0.0104. The van der Waals surface area contributed by atoms with Gasteiger partial charge in [0.2, 0.25) is 0 Å². The Kier molecular flexibility index (Phi) is 5.11. The molecule has 0 aromatic rings. The van der Waals surface area contributed by atoms with E-state index in [9.17, 15) is 4.79 Å². The van der Waals surface area contributed by atoms with E-state index >= 15 is 0 Å². The minimum Gasteiger partial charge on any atom is -0.466 e. The molecule has 4 fully saturated rings. The lowest BCUT2D eigenvalue weighted by Crippen LogP contribution is -2.50. The first kappa shape index (κ1) is 16.3. The summed E-state index contributed by atoms with van der Waals surface area (Å²) in [5, 5.41) is 0. The number of carbonyl (C=O) groups is 1. The third-order valence-corrected chi connectivity index (χ3v) is 6.10. The van der Waals surface area contributed by atoms with E-state index in [1.54, 1.807) is 0 Å². The van der Waals surface area contributed by atoms with Gasteiger partial charge in [-0.2, -0.15) is 0 Å². The standard InChI is InChI=1S/C19H32O3/c1-4-22-19(20)17(11-21-10-12(2)3)18-15-6-13-5-14(8-15)9-16(18)7-13/h12-18H,4-11H2,1-3H3. The number of hydrogen-bond donors (Lipinski definition) is 0. The second kappa shape index (κ2) is 6.90. The van der Waals surface area contributed by atoms with E-state index in [1.165, 1.54) is 32.1 Å². The largest absolute Gasteiger partial charge is 0.466 e. The highest BCUT2D eigenvalue weighted by atomic mass is 16.5. The van der Waals surface area contributed by atoms with Crippen LogP contribution in [0, 0.1) is 41.4 Å². The molecule has 4 aliphatic rings. The zero-order chi connectivity index (χ0) is 15.7. The molecule has 126 valence electrons. The Labute approximate surface area is 135 Å². The van der Waals surface area contributed by atoms with Crippen molar-refractivity contribution in [3.8, 4) is 0 Å². The highest BCUT2D eigenvalue weighted by Gasteiger charge is 2.52. The van der Waals surface area contributed by atoms with Gasteiger partial charge in [-0.25, -0.2) is 0 Å². The molecule has 0 aromatic carbocycles. The van der Waals surface area contributed by atoms with Gasteiger partial charge in [-0.05, 0) is 74.5 Å². The predicted molar refractivity (Wildman–Crippen MR) is 86.3 cm³/mol. The van der Waals surface area contributed by atoms with Gasteiger partial charge in [0.1, 0.15) is 0 Å². The van der Waals surface area contributed by atoms with Crippen molar-refractivity contribution in [3.63, 3.8) is 0 Å². The highest BCUT2D eigenvalue weighted by Crippen LogP contribution is 2.58. The first-order valence-corrected chi connectivity index (χ1v) is 9.32. The van der Waals surface area contributed by atoms with Crippen LogP contribution in [0.4, 0.5) is 0 Å². The molecular formula is C19H32O3. The molecule has 1 unspecified atom stereocenters. The van der Waals surface area contributed by atoms with Crippen LogP contribution in [0.1, 0.15) is 52.9 Å². The number of rotatable bonds is 7. The van der Waals surface area contributed by atoms with Crippen LogP contribution in [0.5, 0.6) is 0 Å². The maximum Gasteiger partial charge on any atom is 0.311 e. The van der Waals surface area contributed by atoms with Gasteiger partial charge >= 0.3 is 5.97 Å². The summed E-state index contributed by atoms with van der Waals surface area (Å²) in [5.41, 5.74) is 0. The van der Waals surface area contributed by atoms with Crippen LogP contribution < -0.4 is 0 Å². The SMILES string of the molecule is CCOC(=O)C(COCC(C)C)C1C2CC3CC(C2)CC1C3. The van der Waals surface area contributed by atoms with Gasteiger partial charge in [0.05, 0.1) is 19.1 Å². The lowest BCUT2D eigenvalue weighted by atomic mass is 9.49. The monoisotopic (exact) mass is 308 g/mol. The lowest BCUT2D eigenvalue weighted by molar-refractivity contribution is -0.162. The summed E-state index contributed by atoms with van der Waals surface area (Å²) in [6.07, 6.45) is 6.83. The predicted octanol–water partition coefficient (Wildman–Crippen LogP) is 3.91. The maximum absolute atomic E-state index is 12.5. The number of ether oxygens (including phenoxy) is 2. The van der Waals surface area contributed by atoms with Crippen LogP contribution in [-0.4, -0.2) is 25.8 Å². The molecular weight excluding hydrogens is 276 g/mol. The molecule has 0 radical (unpaired) electrons. The molecule has 0 aliphatic heterocycles. The van der Waals surface area contributed by atoms with Crippen molar-refractivity contribution in [2.45, 2.75) is 52.9 Å². The molecule has 0 heterocycles. The maximum atomic E-state index is 12.5. The van der Waals surface area contributed by atoms with Gasteiger partial charge in [-0.3, -0.25) is 4.79 Å². The van der Waals surface area contributed by atoms with Gasteiger partial charge in [0, 0.05) is 6.61 Å². The van der Waals surface area contributed by atoms with Crippen molar-refractivity contribution in [1.82, 2.24) is 0 Å². The third kappa shape index (κ3) is 3.34. The van der Waals surface area contributed by atoms with Gasteiger partial charge in [0.25, 0.3) is 0 Å². The molecule has 0 amide bonds. The number of esters is 1. The quantitative estimate of drug-likeness (QED) is 0.669. The van der Waals surface area contributed by atoms with Gasteiger partial charge in [-0.15, -0.1) is 0 Å². The van der Waals surface area contributed by atoms with Gasteiger partial charge in [-0.1, -0.05) is 13.8 Å². The smallest absolute Gasteiger partial charge is 0.311 e. The summed E-state index contributed by atoms with van der Waals surface area (Å²) >= 11 is 0. The fraction of sp³-hybridized carbons (Fsp3) is 0.947. The summed E-state index contributed by atoms with van der Waals surface area (Å²) in [6, 6.07) is 0. The van der Waals surface area contributed by atoms with Crippen LogP contribution in [0.15, 0.2) is 0 Å². The molecule has 0 saturated heterocycles. The van der Waals surface area contributed by atoms with E-state index in [0.717, 1.165) is 30.3 Å². The first-order valence-electron chi connectivity index (χ1n) is 9.32. The normalized spacial score (nSPS) is 37.5. The summed E-state index contributed by atoms with van der Waals surface area (Å²) < 4.78 is 11.3. The average Bonchev–Trinajstić information content (AvgIpc) is 2.44. The van der Waals surface area contributed by atoms with Crippen molar-refractivity contribution < 1.29 is 14.3 Å². The van der Waals surface area contributed by atoms with E-state index in [4.69, 9.17) is 9.47 Å². The highest BCUT2D eigenvalue weighted by molar-refractivity contribution is 5.73. The molecule has 3 heteroatoms. The Morgan fingerprint density at radius 2 is 1.59 bits per heavy atom. The van der Waals surface area contributed by atoms with Crippen molar-refractivity contribution >= 4 is 5.97 Å². The van der Waals surface area contributed by atoms with Crippen molar-refractivity contribution in [2.24, 2.45) is 41.4 Å². The Hall–Kier alpha value is -0.570. The molecule has 4 saturated carbocycles. The zero-order valence-corrected chi connectivity index (χ0v) is 14.4. The van der Waals surface area contributed by atoms with E-state index in [2.05, 4.69) is 13.8 Å². The Morgan fingerprint density at radius 1 is 1.00 bits per heavy atom. The molecule has 22 heavy (non-hydrogen) atoms. The van der Waals surface area contributed by atoms with Crippen molar-refractivity contribution in [2.75, 3.05) is 19.8 Å². The fourth-order valence-electron chi connectivity index (χ4n) is 5.64. The second-order valence-corrected chi connectivity index (χ2v) is 8.30. The van der Waals surface area contributed by atoms with E-state index in [-0.39, 0.29) is 11.9 Å². The molecule has 4 rings (SSSR count). The van der Waals surface area contributed by atoms with Crippen molar-refractivity contribution in [1.29, 1.82) is 0 Å². The van der Waals surface area contributed by atoms with Crippen LogP contribution >= 0.6 is 0 Å². The summed E-state index contributed by atoms with van der Waals surface area (Å²) in [5.74, 6) is 4.36. The molecule has 1 atom stereocenters. The molecule has 4 aliphatic carbocycles. The topological polar surface area (TPSA) is 35.5 Å². The Bertz CT molecular complexity index is 362. The molecule has 0 spiro atoms. The van der Waals surface area contributed by atoms with Crippen molar-refractivity contribution in [3.05, 3.63) is 0 Å². The number of carbonyl (C=O) groups excluding carboxylic acids is 1. The Balaban J connectivity index is 1.69. The molecule has 3 nitrogen and oxygen atoms in total. The number of hydrogen-bond acceptors (Lipinski definition) is 3. The third-order valence-electron chi connectivity index (χ3n) is 6.10. The fourth-order valence-corrected chi connectivity index (χ4v) is 5.64. The van der Waals surface area contributed by atoms with Crippen LogP contribution in [0.25, 0.3) is 0 Å². The first-order chi connectivity index (χ1) is 10.6. The van der Waals surface area contributed by atoms with Crippen LogP contribution in [0.3, 0.4) is 0 Å². The summed E-state index contributed by atoms with van der Waals surface area (Å²) in [7, 11) is 0. The average molecular weight is 308 g/mol. The molecule has 0 N–H and O–H groups in total. The Morgan fingerprint density at radius 3 is 2.09 bits per heavy atom. The van der Waals surface area contributed by atoms with Gasteiger partial charge in [0.15, 0.2) is 0 Å². The molecule has 4 bridgehead atoms.